The van der Waals surface area contributed by atoms with Gasteiger partial charge >= 0.3 is 0 Å². The average Bonchev–Trinajstić information content (AvgIpc) is 2.75. The number of hydrogen-bond acceptors (Lipinski definition) is 4. The van der Waals surface area contributed by atoms with Crippen LogP contribution in [0.2, 0.25) is 0 Å². The number of nitrogens with one attached hydrogen (secondary N) is 3. The summed E-state index contributed by atoms with van der Waals surface area (Å²) in [6, 6.07) is 20.3. The van der Waals surface area contributed by atoms with E-state index < -0.39 is 11.8 Å². The molecule has 0 bridgehead atoms. The largest absolute Gasteiger partial charge is 0.484 e. The molecule has 7 heteroatoms. The highest BCUT2D eigenvalue weighted by Crippen LogP contribution is 2.20. The zero-order valence-corrected chi connectivity index (χ0v) is 15.9. The predicted octanol–water partition coefficient (Wildman–Crippen LogP) is 2.10. The minimum atomic E-state index is -0.551. The SMILES string of the molecule is Cc1ccc(C(=O)NCC(=O)NNC(=O)COc2ccc3ccccc3c2)cc1. The summed E-state index contributed by atoms with van der Waals surface area (Å²) in [5.41, 5.74) is 5.97. The molecule has 7 nitrogen and oxygen atoms in total. The van der Waals surface area contributed by atoms with Gasteiger partial charge < -0.3 is 10.1 Å². The standard InChI is InChI=1S/C22H21N3O4/c1-15-6-8-17(9-7-15)22(28)23-13-20(26)24-25-21(27)14-29-19-11-10-16-4-2-3-5-18(16)12-19/h2-12H,13-14H2,1H3,(H,23,28)(H,24,26)(H,25,27). The van der Waals surface area contributed by atoms with Crippen LogP contribution in [0.4, 0.5) is 0 Å². The first kappa shape index (κ1) is 19.9. The van der Waals surface area contributed by atoms with Gasteiger partial charge in [-0.15, -0.1) is 0 Å². The number of hydrogen-bond donors (Lipinski definition) is 3. The fraction of sp³-hybridized carbons (Fsp3) is 0.136. The Hall–Kier alpha value is -3.87. The Morgan fingerprint density at radius 3 is 2.28 bits per heavy atom. The number of fused-ring (bicyclic) bond motifs is 1. The molecule has 0 saturated carbocycles. The van der Waals surface area contributed by atoms with Crippen molar-refractivity contribution >= 4 is 28.5 Å². The van der Waals surface area contributed by atoms with Crippen molar-refractivity contribution in [3.63, 3.8) is 0 Å². The highest BCUT2D eigenvalue weighted by atomic mass is 16.5. The number of carbonyl (C=O) groups is 3. The molecule has 0 aliphatic heterocycles. The molecular weight excluding hydrogens is 370 g/mol. The van der Waals surface area contributed by atoms with E-state index >= 15 is 0 Å². The van der Waals surface area contributed by atoms with Crippen molar-refractivity contribution in [1.82, 2.24) is 16.2 Å². The summed E-state index contributed by atoms with van der Waals surface area (Å²) < 4.78 is 5.44. The average molecular weight is 391 g/mol. The summed E-state index contributed by atoms with van der Waals surface area (Å²) in [6.45, 7) is 1.40. The van der Waals surface area contributed by atoms with Gasteiger partial charge in [0.2, 0.25) is 0 Å². The fourth-order valence-electron chi connectivity index (χ4n) is 2.59. The number of benzene rings is 3. The van der Waals surface area contributed by atoms with Gasteiger partial charge in [0.15, 0.2) is 6.61 Å². The Morgan fingerprint density at radius 1 is 0.828 bits per heavy atom. The smallest absolute Gasteiger partial charge is 0.276 e. The fourth-order valence-corrected chi connectivity index (χ4v) is 2.59. The molecule has 0 unspecified atom stereocenters. The zero-order chi connectivity index (χ0) is 20.6. The van der Waals surface area contributed by atoms with Crippen LogP contribution in [0.15, 0.2) is 66.7 Å². The molecule has 3 amide bonds. The molecule has 0 saturated heterocycles. The normalized spacial score (nSPS) is 10.2. The molecule has 0 fully saturated rings. The van der Waals surface area contributed by atoms with Crippen molar-refractivity contribution in [1.29, 1.82) is 0 Å². The van der Waals surface area contributed by atoms with E-state index in [9.17, 15) is 14.4 Å². The van der Waals surface area contributed by atoms with E-state index in [1.165, 1.54) is 0 Å². The molecule has 3 aromatic rings. The first-order valence-electron chi connectivity index (χ1n) is 9.05. The van der Waals surface area contributed by atoms with Crippen molar-refractivity contribution in [2.75, 3.05) is 13.2 Å². The molecule has 29 heavy (non-hydrogen) atoms. The van der Waals surface area contributed by atoms with Crippen molar-refractivity contribution in [3.05, 3.63) is 77.9 Å². The van der Waals surface area contributed by atoms with E-state index in [1.807, 2.05) is 55.5 Å². The summed E-state index contributed by atoms with van der Waals surface area (Å²) >= 11 is 0. The Bertz CT molecular complexity index is 1030. The molecule has 0 aliphatic rings. The highest BCUT2D eigenvalue weighted by molar-refractivity contribution is 5.96. The van der Waals surface area contributed by atoms with E-state index in [1.54, 1.807) is 18.2 Å². The lowest BCUT2D eigenvalue weighted by Gasteiger charge is -2.10. The Kier molecular flexibility index (Phi) is 6.42. The predicted molar refractivity (Wildman–Crippen MR) is 109 cm³/mol. The van der Waals surface area contributed by atoms with Crippen LogP contribution >= 0.6 is 0 Å². The van der Waals surface area contributed by atoms with Crippen LogP contribution in [-0.2, 0) is 9.59 Å². The van der Waals surface area contributed by atoms with Gasteiger partial charge in [-0.1, -0.05) is 48.0 Å². The number of rotatable bonds is 6. The molecule has 0 atom stereocenters. The monoisotopic (exact) mass is 391 g/mol. The number of hydrazine groups is 1. The van der Waals surface area contributed by atoms with Crippen molar-refractivity contribution in [2.45, 2.75) is 6.92 Å². The first-order chi connectivity index (χ1) is 14.0. The molecule has 3 aromatic carbocycles. The summed E-state index contributed by atoms with van der Waals surface area (Å²) in [6.07, 6.45) is 0. The molecule has 3 N–H and O–H groups in total. The lowest BCUT2D eigenvalue weighted by atomic mass is 10.1. The van der Waals surface area contributed by atoms with E-state index in [0.29, 0.717) is 11.3 Å². The second-order valence-electron chi connectivity index (χ2n) is 6.44. The third-order valence-electron chi connectivity index (χ3n) is 4.16. The van der Waals surface area contributed by atoms with Crippen LogP contribution in [0, 0.1) is 6.92 Å². The number of ether oxygens (including phenoxy) is 1. The van der Waals surface area contributed by atoms with Crippen LogP contribution in [0.3, 0.4) is 0 Å². The quantitative estimate of drug-likeness (QED) is 0.561. The lowest BCUT2D eigenvalue weighted by molar-refractivity contribution is -0.129. The molecule has 148 valence electrons. The third kappa shape index (κ3) is 5.80. The summed E-state index contributed by atoms with van der Waals surface area (Å²) in [4.78, 5) is 35.6. The van der Waals surface area contributed by atoms with Gasteiger partial charge in [-0.3, -0.25) is 25.2 Å². The van der Waals surface area contributed by atoms with E-state index in [0.717, 1.165) is 16.3 Å². The minimum absolute atomic E-state index is 0.256. The molecule has 0 spiro atoms. The summed E-state index contributed by atoms with van der Waals surface area (Å²) in [5, 5.41) is 4.56. The maximum Gasteiger partial charge on any atom is 0.276 e. The van der Waals surface area contributed by atoms with Crippen LogP contribution in [0.5, 0.6) is 5.75 Å². The Balaban J connectivity index is 1.38. The van der Waals surface area contributed by atoms with Crippen LogP contribution < -0.4 is 20.9 Å². The van der Waals surface area contributed by atoms with Gasteiger partial charge in [0.25, 0.3) is 17.7 Å². The molecular formula is C22H21N3O4. The maximum atomic E-state index is 12.0. The van der Waals surface area contributed by atoms with Gasteiger partial charge in [-0.25, -0.2) is 0 Å². The first-order valence-corrected chi connectivity index (χ1v) is 9.05. The highest BCUT2D eigenvalue weighted by Gasteiger charge is 2.09. The van der Waals surface area contributed by atoms with Gasteiger partial charge in [0.1, 0.15) is 5.75 Å². The maximum absolute atomic E-state index is 12.0. The van der Waals surface area contributed by atoms with Gasteiger partial charge in [0.05, 0.1) is 6.54 Å². The summed E-state index contributed by atoms with van der Waals surface area (Å²) in [5.74, 6) is -0.887. The van der Waals surface area contributed by atoms with Crippen LogP contribution in [0.1, 0.15) is 15.9 Å². The van der Waals surface area contributed by atoms with Crippen LogP contribution in [-0.4, -0.2) is 30.9 Å². The number of amides is 3. The van der Waals surface area contributed by atoms with Crippen LogP contribution in [0.25, 0.3) is 10.8 Å². The van der Waals surface area contributed by atoms with E-state index in [-0.39, 0.29) is 19.1 Å². The van der Waals surface area contributed by atoms with Gasteiger partial charge in [-0.05, 0) is 42.0 Å². The molecule has 0 aliphatic carbocycles. The zero-order valence-electron chi connectivity index (χ0n) is 15.9. The van der Waals surface area contributed by atoms with E-state index in [2.05, 4.69) is 16.2 Å². The Morgan fingerprint density at radius 2 is 1.52 bits per heavy atom. The number of carbonyl (C=O) groups excluding carboxylic acids is 3. The molecule has 3 rings (SSSR count). The molecule has 0 heterocycles. The lowest BCUT2D eigenvalue weighted by Crippen LogP contribution is -2.47. The number of aryl methyl sites for hydroxylation is 1. The van der Waals surface area contributed by atoms with Crippen molar-refractivity contribution < 1.29 is 19.1 Å². The van der Waals surface area contributed by atoms with Crippen molar-refractivity contribution in [3.8, 4) is 5.75 Å². The minimum Gasteiger partial charge on any atom is -0.484 e. The third-order valence-corrected chi connectivity index (χ3v) is 4.16. The summed E-state index contributed by atoms with van der Waals surface area (Å²) in [7, 11) is 0. The topological polar surface area (TPSA) is 96.5 Å². The second-order valence-corrected chi connectivity index (χ2v) is 6.44. The van der Waals surface area contributed by atoms with E-state index in [4.69, 9.17) is 4.74 Å². The van der Waals surface area contributed by atoms with Gasteiger partial charge in [0, 0.05) is 5.56 Å². The second kappa shape index (κ2) is 9.36. The van der Waals surface area contributed by atoms with Gasteiger partial charge in [-0.2, -0.15) is 0 Å². The molecule has 0 radical (unpaired) electrons. The molecule has 0 aromatic heterocycles. The van der Waals surface area contributed by atoms with Crippen molar-refractivity contribution in [2.24, 2.45) is 0 Å². The Labute approximate surface area is 168 Å².